The van der Waals surface area contributed by atoms with Crippen LogP contribution in [0.3, 0.4) is 0 Å². The van der Waals surface area contributed by atoms with E-state index in [1.807, 2.05) is 13.0 Å². The third-order valence-electron chi connectivity index (χ3n) is 3.47. The van der Waals surface area contributed by atoms with Crippen LogP contribution in [0, 0.1) is 0 Å². The van der Waals surface area contributed by atoms with Crippen LogP contribution < -0.4 is 4.74 Å². The normalized spacial score (nSPS) is 18.9. The van der Waals surface area contributed by atoms with Gasteiger partial charge in [0.1, 0.15) is 5.75 Å². The van der Waals surface area contributed by atoms with Crippen molar-refractivity contribution < 1.29 is 14.6 Å². The highest BCUT2D eigenvalue weighted by atomic mass is 16.5. The Morgan fingerprint density at radius 1 is 1.42 bits per heavy atom. The minimum Gasteiger partial charge on any atom is -0.494 e. The van der Waals surface area contributed by atoms with Gasteiger partial charge in [0, 0.05) is 11.5 Å². The Bertz CT molecular complexity index is 477. The molecular formula is C16H20O3. The van der Waals surface area contributed by atoms with Crippen molar-refractivity contribution in [2.45, 2.75) is 38.5 Å². The number of carboxylic acid groups (broad SMARTS) is 1. The summed E-state index contributed by atoms with van der Waals surface area (Å²) in [5.74, 6) is -0.0236. The molecule has 1 unspecified atom stereocenters. The molecule has 1 aliphatic rings. The highest BCUT2D eigenvalue weighted by Gasteiger charge is 2.22. The molecule has 0 saturated heterocycles. The van der Waals surface area contributed by atoms with E-state index >= 15 is 0 Å². The van der Waals surface area contributed by atoms with Crippen molar-refractivity contribution in [3.63, 3.8) is 0 Å². The fourth-order valence-corrected chi connectivity index (χ4v) is 2.62. The fourth-order valence-electron chi connectivity index (χ4n) is 2.62. The SMILES string of the molecule is CCOc1cccc(C(=O)O)c1C1C=CCCCC1. The van der Waals surface area contributed by atoms with Gasteiger partial charge in [-0.25, -0.2) is 4.79 Å². The molecule has 1 atom stereocenters. The van der Waals surface area contributed by atoms with Gasteiger partial charge in [0.2, 0.25) is 0 Å². The number of ether oxygens (including phenoxy) is 1. The third kappa shape index (κ3) is 3.16. The second-order valence-corrected chi connectivity index (χ2v) is 4.77. The van der Waals surface area contributed by atoms with Gasteiger partial charge >= 0.3 is 5.97 Å². The van der Waals surface area contributed by atoms with E-state index in [4.69, 9.17) is 4.74 Å². The molecule has 19 heavy (non-hydrogen) atoms. The average Bonchev–Trinajstić information content (AvgIpc) is 2.67. The fraction of sp³-hybridized carbons (Fsp3) is 0.438. The third-order valence-corrected chi connectivity index (χ3v) is 3.47. The van der Waals surface area contributed by atoms with Gasteiger partial charge in [-0.15, -0.1) is 0 Å². The van der Waals surface area contributed by atoms with Crippen molar-refractivity contribution in [1.82, 2.24) is 0 Å². The second-order valence-electron chi connectivity index (χ2n) is 4.77. The highest BCUT2D eigenvalue weighted by Crippen LogP contribution is 2.36. The van der Waals surface area contributed by atoms with Crippen molar-refractivity contribution in [3.05, 3.63) is 41.5 Å². The molecule has 1 N–H and O–H groups in total. The summed E-state index contributed by atoms with van der Waals surface area (Å²) < 4.78 is 5.62. The number of carbonyl (C=O) groups is 1. The lowest BCUT2D eigenvalue weighted by molar-refractivity contribution is 0.0694. The van der Waals surface area contributed by atoms with Gasteiger partial charge < -0.3 is 9.84 Å². The van der Waals surface area contributed by atoms with Gasteiger partial charge in [-0.05, 0) is 38.3 Å². The van der Waals surface area contributed by atoms with Crippen molar-refractivity contribution in [1.29, 1.82) is 0 Å². The van der Waals surface area contributed by atoms with E-state index in [9.17, 15) is 9.90 Å². The van der Waals surface area contributed by atoms with Gasteiger partial charge in [0.25, 0.3) is 0 Å². The molecule has 1 aromatic carbocycles. The molecular weight excluding hydrogens is 240 g/mol. The predicted octanol–water partition coefficient (Wildman–Crippen LogP) is 4.00. The molecule has 2 rings (SSSR count). The first-order chi connectivity index (χ1) is 9.24. The van der Waals surface area contributed by atoms with E-state index in [1.165, 1.54) is 6.42 Å². The Morgan fingerprint density at radius 2 is 2.26 bits per heavy atom. The number of carboxylic acids is 1. The minimum atomic E-state index is -0.880. The number of hydrogen-bond donors (Lipinski definition) is 1. The van der Waals surface area contributed by atoms with Gasteiger partial charge in [-0.1, -0.05) is 24.6 Å². The maximum Gasteiger partial charge on any atom is 0.336 e. The lowest BCUT2D eigenvalue weighted by Gasteiger charge is -2.19. The summed E-state index contributed by atoms with van der Waals surface area (Å²) in [5.41, 5.74) is 1.19. The van der Waals surface area contributed by atoms with Gasteiger partial charge in [0.15, 0.2) is 0 Å². The molecule has 0 aliphatic heterocycles. The Morgan fingerprint density at radius 3 is 3.00 bits per heavy atom. The molecule has 0 amide bonds. The Hall–Kier alpha value is -1.77. The lowest BCUT2D eigenvalue weighted by atomic mass is 9.90. The Balaban J connectivity index is 2.46. The molecule has 0 spiro atoms. The first kappa shape index (κ1) is 13.7. The second kappa shape index (κ2) is 6.41. The molecule has 1 aliphatic carbocycles. The lowest BCUT2D eigenvalue weighted by Crippen LogP contribution is -2.09. The summed E-state index contributed by atoms with van der Waals surface area (Å²) in [6.07, 6.45) is 8.66. The predicted molar refractivity (Wildman–Crippen MR) is 74.9 cm³/mol. The molecule has 1 aromatic rings. The maximum absolute atomic E-state index is 11.4. The van der Waals surface area contributed by atoms with Crippen LogP contribution in [-0.4, -0.2) is 17.7 Å². The quantitative estimate of drug-likeness (QED) is 0.832. The van der Waals surface area contributed by atoms with Gasteiger partial charge in [-0.3, -0.25) is 0 Å². The summed E-state index contributed by atoms with van der Waals surface area (Å²) in [5, 5.41) is 9.38. The number of allylic oxidation sites excluding steroid dienone is 2. The number of rotatable bonds is 4. The summed E-state index contributed by atoms with van der Waals surface area (Å²) in [6, 6.07) is 5.28. The van der Waals surface area contributed by atoms with E-state index in [1.54, 1.807) is 12.1 Å². The van der Waals surface area contributed by atoms with Crippen LogP contribution in [0.2, 0.25) is 0 Å². The van der Waals surface area contributed by atoms with Gasteiger partial charge in [-0.2, -0.15) is 0 Å². The van der Waals surface area contributed by atoms with Gasteiger partial charge in [0.05, 0.1) is 12.2 Å². The van der Waals surface area contributed by atoms with E-state index < -0.39 is 5.97 Å². The molecule has 3 nitrogen and oxygen atoms in total. The molecule has 0 heterocycles. The number of hydrogen-bond acceptors (Lipinski definition) is 2. The summed E-state index contributed by atoms with van der Waals surface area (Å²) >= 11 is 0. The van der Waals surface area contributed by atoms with Crippen LogP contribution in [0.1, 0.15) is 54.4 Å². The maximum atomic E-state index is 11.4. The summed E-state index contributed by atoms with van der Waals surface area (Å²) in [4.78, 5) is 11.4. The smallest absolute Gasteiger partial charge is 0.336 e. The number of aromatic carboxylic acids is 1. The van der Waals surface area contributed by atoms with Crippen LogP contribution in [0.25, 0.3) is 0 Å². The van der Waals surface area contributed by atoms with E-state index in [-0.39, 0.29) is 5.92 Å². The average molecular weight is 260 g/mol. The van der Waals surface area contributed by atoms with Crippen molar-refractivity contribution in [2.75, 3.05) is 6.61 Å². The zero-order chi connectivity index (χ0) is 13.7. The zero-order valence-corrected chi connectivity index (χ0v) is 11.3. The molecule has 0 saturated carbocycles. The first-order valence-electron chi connectivity index (χ1n) is 6.89. The topological polar surface area (TPSA) is 46.5 Å². The van der Waals surface area contributed by atoms with E-state index in [2.05, 4.69) is 12.2 Å². The summed E-state index contributed by atoms with van der Waals surface area (Å²) in [7, 11) is 0. The molecule has 0 fully saturated rings. The minimum absolute atomic E-state index is 0.149. The van der Waals surface area contributed by atoms with Crippen LogP contribution >= 0.6 is 0 Å². The van der Waals surface area contributed by atoms with Crippen LogP contribution in [-0.2, 0) is 0 Å². The molecule has 0 radical (unpaired) electrons. The first-order valence-corrected chi connectivity index (χ1v) is 6.89. The highest BCUT2D eigenvalue weighted by molar-refractivity contribution is 5.90. The monoisotopic (exact) mass is 260 g/mol. The standard InChI is InChI=1S/C16H20O3/c1-2-19-14-11-7-10-13(16(17)18)15(14)12-8-5-3-4-6-9-12/h5,7-8,10-12H,2-4,6,9H2,1H3,(H,17,18). The van der Waals surface area contributed by atoms with Crippen molar-refractivity contribution >= 4 is 5.97 Å². The van der Waals surface area contributed by atoms with Crippen LogP contribution in [0.4, 0.5) is 0 Å². The molecule has 102 valence electrons. The largest absolute Gasteiger partial charge is 0.494 e. The summed E-state index contributed by atoms with van der Waals surface area (Å²) in [6.45, 7) is 2.46. The molecule has 0 aromatic heterocycles. The van der Waals surface area contributed by atoms with Crippen LogP contribution in [0.5, 0.6) is 5.75 Å². The Kier molecular flexibility index (Phi) is 4.61. The zero-order valence-electron chi connectivity index (χ0n) is 11.3. The number of benzene rings is 1. The molecule has 3 heteroatoms. The molecule has 0 bridgehead atoms. The van der Waals surface area contributed by atoms with Crippen LogP contribution in [0.15, 0.2) is 30.4 Å². The van der Waals surface area contributed by atoms with Crippen molar-refractivity contribution in [2.24, 2.45) is 0 Å². The Labute approximate surface area is 113 Å². The van der Waals surface area contributed by atoms with Crippen molar-refractivity contribution in [3.8, 4) is 5.75 Å². The van der Waals surface area contributed by atoms with E-state index in [0.717, 1.165) is 24.8 Å². The van der Waals surface area contributed by atoms with E-state index in [0.29, 0.717) is 17.9 Å².